The number of rotatable bonds is 4. The normalized spacial score (nSPS) is 19.0. The molecular formula is C20H25N. The highest BCUT2D eigenvalue weighted by molar-refractivity contribution is 5.31. The zero-order chi connectivity index (χ0) is 14.7. The standard InChI is InChI=1S/C20H25N/c1-3-16-8-10-17(11-9-16)15(2)21-20-13-12-18-6-4-5-7-19(18)14-20/h4-11,15,20-21H,3,12-14H2,1-2H3. The molecule has 1 aliphatic rings. The number of hydrogen-bond acceptors (Lipinski definition) is 1. The van der Waals surface area contributed by atoms with Crippen LogP contribution in [0.25, 0.3) is 0 Å². The number of benzene rings is 2. The summed E-state index contributed by atoms with van der Waals surface area (Å²) in [5, 5.41) is 3.81. The Morgan fingerprint density at radius 1 is 1.05 bits per heavy atom. The molecule has 0 radical (unpaired) electrons. The molecular weight excluding hydrogens is 254 g/mol. The third-order valence-corrected chi connectivity index (χ3v) is 4.72. The summed E-state index contributed by atoms with van der Waals surface area (Å²) < 4.78 is 0. The highest BCUT2D eigenvalue weighted by Crippen LogP contribution is 2.23. The van der Waals surface area contributed by atoms with Crippen LogP contribution in [0.5, 0.6) is 0 Å². The summed E-state index contributed by atoms with van der Waals surface area (Å²) >= 11 is 0. The van der Waals surface area contributed by atoms with E-state index in [4.69, 9.17) is 0 Å². The van der Waals surface area contributed by atoms with Crippen molar-refractivity contribution in [2.45, 2.75) is 51.6 Å². The fourth-order valence-electron chi connectivity index (χ4n) is 3.33. The second-order valence-electron chi connectivity index (χ2n) is 6.19. The van der Waals surface area contributed by atoms with Gasteiger partial charge < -0.3 is 5.32 Å². The fraction of sp³-hybridized carbons (Fsp3) is 0.400. The van der Waals surface area contributed by atoms with E-state index in [1.54, 1.807) is 0 Å². The second-order valence-corrected chi connectivity index (χ2v) is 6.19. The van der Waals surface area contributed by atoms with Crippen LogP contribution in [0.2, 0.25) is 0 Å². The van der Waals surface area contributed by atoms with Crippen LogP contribution in [0.3, 0.4) is 0 Å². The Balaban J connectivity index is 1.64. The van der Waals surface area contributed by atoms with Gasteiger partial charge in [0.1, 0.15) is 0 Å². The molecule has 0 saturated heterocycles. The summed E-state index contributed by atoms with van der Waals surface area (Å²) in [6.07, 6.45) is 4.72. The molecule has 21 heavy (non-hydrogen) atoms. The SMILES string of the molecule is CCc1ccc(C(C)NC2CCc3ccccc3C2)cc1. The number of nitrogens with one attached hydrogen (secondary N) is 1. The molecule has 1 N–H and O–H groups in total. The molecule has 2 unspecified atom stereocenters. The zero-order valence-electron chi connectivity index (χ0n) is 13.1. The van der Waals surface area contributed by atoms with Crippen LogP contribution in [-0.2, 0) is 19.3 Å². The van der Waals surface area contributed by atoms with Crippen LogP contribution in [0.1, 0.15) is 48.6 Å². The van der Waals surface area contributed by atoms with Crippen molar-refractivity contribution in [1.82, 2.24) is 5.32 Å². The van der Waals surface area contributed by atoms with Gasteiger partial charge in [-0.25, -0.2) is 0 Å². The molecule has 1 heteroatoms. The molecule has 110 valence electrons. The lowest BCUT2D eigenvalue weighted by Crippen LogP contribution is -2.36. The van der Waals surface area contributed by atoms with Crippen molar-refractivity contribution in [2.75, 3.05) is 0 Å². The second kappa shape index (κ2) is 6.44. The van der Waals surface area contributed by atoms with Crippen LogP contribution in [0.15, 0.2) is 48.5 Å². The van der Waals surface area contributed by atoms with Gasteiger partial charge in [-0.1, -0.05) is 55.5 Å². The zero-order valence-corrected chi connectivity index (χ0v) is 13.1. The molecule has 0 amide bonds. The Morgan fingerprint density at radius 2 is 1.76 bits per heavy atom. The van der Waals surface area contributed by atoms with Crippen LogP contribution >= 0.6 is 0 Å². The maximum Gasteiger partial charge on any atom is 0.0294 e. The van der Waals surface area contributed by atoms with Crippen molar-refractivity contribution in [1.29, 1.82) is 0 Å². The molecule has 2 atom stereocenters. The van der Waals surface area contributed by atoms with Crippen LogP contribution in [0.4, 0.5) is 0 Å². The van der Waals surface area contributed by atoms with Gasteiger partial charge in [0.05, 0.1) is 0 Å². The fourth-order valence-corrected chi connectivity index (χ4v) is 3.33. The van der Waals surface area contributed by atoms with Gasteiger partial charge in [0.25, 0.3) is 0 Å². The van der Waals surface area contributed by atoms with Gasteiger partial charge in [0.15, 0.2) is 0 Å². The summed E-state index contributed by atoms with van der Waals surface area (Å²) in [6, 6.07) is 18.9. The molecule has 1 aliphatic carbocycles. The number of aryl methyl sites for hydroxylation is 2. The summed E-state index contributed by atoms with van der Waals surface area (Å²) in [6.45, 7) is 4.48. The number of hydrogen-bond donors (Lipinski definition) is 1. The lowest BCUT2D eigenvalue weighted by molar-refractivity contribution is 0.414. The van der Waals surface area contributed by atoms with Gasteiger partial charge in [-0.05, 0) is 54.9 Å². The Morgan fingerprint density at radius 3 is 2.48 bits per heavy atom. The maximum absolute atomic E-state index is 3.81. The first-order valence-electron chi connectivity index (χ1n) is 8.18. The minimum Gasteiger partial charge on any atom is -0.307 e. The van der Waals surface area contributed by atoms with Gasteiger partial charge in [-0.15, -0.1) is 0 Å². The Hall–Kier alpha value is -1.60. The van der Waals surface area contributed by atoms with Crippen LogP contribution < -0.4 is 5.32 Å². The molecule has 0 aromatic heterocycles. The third kappa shape index (κ3) is 3.36. The monoisotopic (exact) mass is 279 g/mol. The van der Waals surface area contributed by atoms with Gasteiger partial charge in [-0.2, -0.15) is 0 Å². The molecule has 0 heterocycles. The largest absolute Gasteiger partial charge is 0.307 e. The Labute approximate surface area is 128 Å². The predicted octanol–water partition coefficient (Wildman–Crippen LogP) is 4.46. The molecule has 2 aromatic rings. The topological polar surface area (TPSA) is 12.0 Å². The first kappa shape index (κ1) is 14.3. The molecule has 2 aromatic carbocycles. The predicted molar refractivity (Wildman–Crippen MR) is 89.6 cm³/mol. The van der Waals surface area contributed by atoms with Crippen molar-refractivity contribution in [2.24, 2.45) is 0 Å². The third-order valence-electron chi connectivity index (χ3n) is 4.72. The van der Waals surface area contributed by atoms with Crippen LogP contribution in [0, 0.1) is 0 Å². The summed E-state index contributed by atoms with van der Waals surface area (Å²) in [5.41, 5.74) is 5.87. The van der Waals surface area contributed by atoms with E-state index >= 15 is 0 Å². The molecule has 0 fully saturated rings. The van der Waals surface area contributed by atoms with Crippen molar-refractivity contribution in [3.8, 4) is 0 Å². The van der Waals surface area contributed by atoms with E-state index in [1.807, 2.05) is 0 Å². The van der Waals surface area contributed by atoms with Crippen molar-refractivity contribution in [3.63, 3.8) is 0 Å². The van der Waals surface area contributed by atoms with Crippen molar-refractivity contribution < 1.29 is 0 Å². The Bertz CT molecular complexity index is 585. The van der Waals surface area contributed by atoms with Crippen LogP contribution in [-0.4, -0.2) is 6.04 Å². The average molecular weight is 279 g/mol. The average Bonchev–Trinajstić information content (AvgIpc) is 2.55. The van der Waals surface area contributed by atoms with Gasteiger partial charge in [-0.3, -0.25) is 0 Å². The van der Waals surface area contributed by atoms with E-state index in [0.717, 1.165) is 12.8 Å². The first-order chi connectivity index (χ1) is 10.3. The minimum absolute atomic E-state index is 0.422. The first-order valence-corrected chi connectivity index (χ1v) is 8.18. The van der Waals surface area contributed by atoms with E-state index in [-0.39, 0.29) is 0 Å². The summed E-state index contributed by atoms with van der Waals surface area (Å²) in [7, 11) is 0. The lowest BCUT2D eigenvalue weighted by Gasteiger charge is -2.28. The van der Waals surface area contributed by atoms with Gasteiger partial charge >= 0.3 is 0 Å². The molecule has 1 nitrogen and oxygen atoms in total. The minimum atomic E-state index is 0.422. The highest BCUT2D eigenvalue weighted by atomic mass is 14.9. The highest BCUT2D eigenvalue weighted by Gasteiger charge is 2.19. The molecule has 0 aliphatic heterocycles. The van der Waals surface area contributed by atoms with E-state index in [9.17, 15) is 0 Å². The molecule has 0 bridgehead atoms. The maximum atomic E-state index is 3.81. The Kier molecular flexibility index (Phi) is 4.40. The molecule has 0 spiro atoms. The van der Waals surface area contributed by atoms with Gasteiger partial charge in [0, 0.05) is 12.1 Å². The van der Waals surface area contributed by atoms with Gasteiger partial charge in [0.2, 0.25) is 0 Å². The molecule has 3 rings (SSSR count). The van der Waals surface area contributed by atoms with E-state index in [2.05, 4.69) is 67.7 Å². The van der Waals surface area contributed by atoms with E-state index < -0.39 is 0 Å². The summed E-state index contributed by atoms with van der Waals surface area (Å²) in [4.78, 5) is 0. The van der Waals surface area contributed by atoms with Crippen molar-refractivity contribution >= 4 is 0 Å². The molecule has 0 saturated carbocycles. The van der Waals surface area contributed by atoms with E-state index in [0.29, 0.717) is 12.1 Å². The van der Waals surface area contributed by atoms with E-state index in [1.165, 1.54) is 35.1 Å². The summed E-state index contributed by atoms with van der Waals surface area (Å²) in [5.74, 6) is 0. The lowest BCUT2D eigenvalue weighted by atomic mass is 9.88. The number of fused-ring (bicyclic) bond motifs is 1. The van der Waals surface area contributed by atoms with Crippen molar-refractivity contribution in [3.05, 3.63) is 70.8 Å². The quantitative estimate of drug-likeness (QED) is 0.871. The smallest absolute Gasteiger partial charge is 0.0294 e.